The predicted octanol–water partition coefficient (Wildman–Crippen LogP) is 4.96. The highest BCUT2D eigenvalue weighted by Gasteiger charge is 2.15. The van der Waals surface area contributed by atoms with Crippen molar-refractivity contribution in [3.05, 3.63) is 33.5 Å². The summed E-state index contributed by atoms with van der Waals surface area (Å²) in [6, 6.07) is 4.35. The summed E-state index contributed by atoms with van der Waals surface area (Å²) in [7, 11) is 0. The first-order valence-corrected chi connectivity index (χ1v) is 7.87. The Morgan fingerprint density at radius 3 is 2.68 bits per heavy atom. The molecule has 104 valence electrons. The molecule has 0 radical (unpaired) electrons. The van der Waals surface area contributed by atoms with Crippen LogP contribution in [0.3, 0.4) is 0 Å². The number of fused-ring (bicyclic) bond motifs is 1. The SMILES string of the molecule is CCCNCc1oc2c(Br)cc(C)cc2c1CCC. The van der Waals surface area contributed by atoms with Crippen molar-refractivity contribution in [2.24, 2.45) is 0 Å². The molecule has 3 heteroatoms. The summed E-state index contributed by atoms with van der Waals surface area (Å²) in [5.41, 5.74) is 3.62. The smallest absolute Gasteiger partial charge is 0.148 e. The number of furan rings is 1. The van der Waals surface area contributed by atoms with E-state index in [-0.39, 0.29) is 0 Å². The van der Waals surface area contributed by atoms with E-state index in [4.69, 9.17) is 4.42 Å². The van der Waals surface area contributed by atoms with Gasteiger partial charge in [-0.25, -0.2) is 0 Å². The molecular weight excluding hydrogens is 302 g/mol. The van der Waals surface area contributed by atoms with E-state index < -0.39 is 0 Å². The van der Waals surface area contributed by atoms with Crippen LogP contribution in [0.4, 0.5) is 0 Å². The van der Waals surface area contributed by atoms with Crippen molar-refractivity contribution in [2.45, 2.75) is 46.6 Å². The fourth-order valence-corrected chi connectivity index (χ4v) is 3.09. The number of nitrogens with one attached hydrogen (secondary N) is 1. The van der Waals surface area contributed by atoms with E-state index in [2.05, 4.69) is 54.2 Å². The molecule has 1 N–H and O–H groups in total. The predicted molar refractivity (Wildman–Crippen MR) is 84.6 cm³/mol. The molecule has 0 aliphatic heterocycles. The molecule has 0 unspecified atom stereocenters. The van der Waals surface area contributed by atoms with Crippen molar-refractivity contribution in [3.8, 4) is 0 Å². The Bertz CT molecular complexity index is 559. The van der Waals surface area contributed by atoms with E-state index >= 15 is 0 Å². The van der Waals surface area contributed by atoms with E-state index in [0.29, 0.717) is 0 Å². The first-order chi connectivity index (χ1) is 9.17. The molecule has 19 heavy (non-hydrogen) atoms. The molecule has 1 aromatic heterocycles. The molecular formula is C16H22BrNO. The van der Waals surface area contributed by atoms with Crippen LogP contribution in [-0.4, -0.2) is 6.54 Å². The molecule has 1 heterocycles. The standard InChI is InChI=1S/C16H22BrNO/c1-4-6-12-13-8-11(3)9-14(17)16(13)19-15(12)10-18-7-5-2/h8-9,18H,4-7,10H2,1-3H3. The van der Waals surface area contributed by atoms with Crippen LogP contribution < -0.4 is 5.32 Å². The Hall–Kier alpha value is -0.800. The third-order valence-electron chi connectivity index (χ3n) is 3.29. The van der Waals surface area contributed by atoms with Gasteiger partial charge in [0.2, 0.25) is 0 Å². The summed E-state index contributed by atoms with van der Waals surface area (Å²) in [4.78, 5) is 0. The Balaban J connectivity index is 2.44. The monoisotopic (exact) mass is 323 g/mol. The summed E-state index contributed by atoms with van der Waals surface area (Å²) in [6.07, 6.45) is 3.36. The van der Waals surface area contributed by atoms with Gasteiger partial charge in [0.1, 0.15) is 11.3 Å². The van der Waals surface area contributed by atoms with Gasteiger partial charge in [-0.05, 0) is 59.9 Å². The van der Waals surface area contributed by atoms with Crippen LogP contribution in [0.1, 0.15) is 43.6 Å². The molecule has 2 nitrogen and oxygen atoms in total. The first kappa shape index (κ1) is 14.6. The van der Waals surface area contributed by atoms with Crippen molar-refractivity contribution in [1.29, 1.82) is 0 Å². The number of benzene rings is 1. The van der Waals surface area contributed by atoms with Crippen LogP contribution in [0.5, 0.6) is 0 Å². The van der Waals surface area contributed by atoms with E-state index in [1.807, 2.05) is 0 Å². The molecule has 0 aliphatic rings. The second-order valence-corrected chi connectivity index (χ2v) is 5.91. The first-order valence-electron chi connectivity index (χ1n) is 7.08. The van der Waals surface area contributed by atoms with Crippen molar-refractivity contribution >= 4 is 26.9 Å². The molecule has 0 amide bonds. The fraction of sp³-hybridized carbons (Fsp3) is 0.500. The van der Waals surface area contributed by atoms with Gasteiger partial charge in [-0.2, -0.15) is 0 Å². The molecule has 0 saturated heterocycles. The summed E-state index contributed by atoms with van der Waals surface area (Å²) in [6.45, 7) is 8.37. The Kier molecular flexibility index (Phi) is 5.06. The zero-order chi connectivity index (χ0) is 13.8. The quantitative estimate of drug-likeness (QED) is 0.760. The van der Waals surface area contributed by atoms with Gasteiger partial charge in [-0.3, -0.25) is 0 Å². The Morgan fingerprint density at radius 2 is 2.00 bits per heavy atom. The lowest BCUT2D eigenvalue weighted by molar-refractivity contribution is 0.506. The van der Waals surface area contributed by atoms with E-state index in [1.54, 1.807) is 0 Å². The minimum atomic E-state index is 0.823. The van der Waals surface area contributed by atoms with Crippen LogP contribution in [0.25, 0.3) is 11.0 Å². The number of hydrogen-bond acceptors (Lipinski definition) is 2. The summed E-state index contributed by atoms with van der Waals surface area (Å²) < 4.78 is 7.13. The summed E-state index contributed by atoms with van der Waals surface area (Å²) in [5.74, 6) is 1.09. The molecule has 1 aromatic carbocycles. The van der Waals surface area contributed by atoms with Crippen LogP contribution in [0.2, 0.25) is 0 Å². The van der Waals surface area contributed by atoms with Gasteiger partial charge in [-0.15, -0.1) is 0 Å². The Labute approximate surface area is 123 Å². The zero-order valence-electron chi connectivity index (χ0n) is 12.0. The maximum atomic E-state index is 6.07. The normalized spacial score (nSPS) is 11.4. The molecule has 0 fully saturated rings. The van der Waals surface area contributed by atoms with E-state index in [0.717, 1.165) is 48.2 Å². The molecule has 2 aromatic rings. The Morgan fingerprint density at radius 1 is 1.21 bits per heavy atom. The number of halogens is 1. The van der Waals surface area contributed by atoms with Crippen molar-refractivity contribution in [2.75, 3.05) is 6.54 Å². The molecule has 0 bridgehead atoms. The fourth-order valence-electron chi connectivity index (χ4n) is 2.44. The lowest BCUT2D eigenvalue weighted by Gasteiger charge is -2.03. The molecule has 0 atom stereocenters. The summed E-state index contributed by atoms with van der Waals surface area (Å²) in [5, 5.41) is 4.70. The highest BCUT2D eigenvalue weighted by atomic mass is 79.9. The number of hydrogen-bond donors (Lipinski definition) is 1. The topological polar surface area (TPSA) is 25.2 Å². The second-order valence-electron chi connectivity index (χ2n) is 5.05. The molecule has 0 saturated carbocycles. The minimum Gasteiger partial charge on any atom is -0.458 e. The van der Waals surface area contributed by atoms with Crippen LogP contribution >= 0.6 is 15.9 Å². The van der Waals surface area contributed by atoms with Gasteiger partial charge < -0.3 is 9.73 Å². The van der Waals surface area contributed by atoms with Gasteiger partial charge in [0, 0.05) is 10.9 Å². The lowest BCUT2D eigenvalue weighted by Crippen LogP contribution is -2.14. The van der Waals surface area contributed by atoms with E-state index in [9.17, 15) is 0 Å². The maximum absolute atomic E-state index is 6.07. The molecule has 0 spiro atoms. The highest BCUT2D eigenvalue weighted by molar-refractivity contribution is 9.10. The van der Waals surface area contributed by atoms with Crippen LogP contribution in [0, 0.1) is 6.92 Å². The highest BCUT2D eigenvalue weighted by Crippen LogP contribution is 2.33. The minimum absolute atomic E-state index is 0.823. The van der Waals surface area contributed by atoms with Crippen molar-refractivity contribution in [1.82, 2.24) is 5.32 Å². The van der Waals surface area contributed by atoms with Crippen molar-refractivity contribution < 1.29 is 4.42 Å². The van der Waals surface area contributed by atoms with Gasteiger partial charge in [0.25, 0.3) is 0 Å². The van der Waals surface area contributed by atoms with Gasteiger partial charge in [0.15, 0.2) is 0 Å². The van der Waals surface area contributed by atoms with Crippen LogP contribution in [-0.2, 0) is 13.0 Å². The van der Waals surface area contributed by atoms with E-state index in [1.165, 1.54) is 16.5 Å². The van der Waals surface area contributed by atoms with Crippen LogP contribution in [0.15, 0.2) is 21.0 Å². The third-order valence-corrected chi connectivity index (χ3v) is 3.88. The zero-order valence-corrected chi connectivity index (χ0v) is 13.6. The van der Waals surface area contributed by atoms with Gasteiger partial charge in [-0.1, -0.05) is 20.3 Å². The average molecular weight is 324 g/mol. The average Bonchev–Trinajstić information content (AvgIpc) is 2.70. The molecule has 2 rings (SSSR count). The maximum Gasteiger partial charge on any atom is 0.148 e. The van der Waals surface area contributed by atoms with Gasteiger partial charge in [0.05, 0.1) is 11.0 Å². The number of aryl methyl sites for hydroxylation is 2. The van der Waals surface area contributed by atoms with Crippen molar-refractivity contribution in [3.63, 3.8) is 0 Å². The number of rotatable bonds is 6. The lowest BCUT2D eigenvalue weighted by atomic mass is 10.0. The second kappa shape index (κ2) is 6.58. The molecule has 0 aliphatic carbocycles. The van der Waals surface area contributed by atoms with Gasteiger partial charge >= 0.3 is 0 Å². The third kappa shape index (κ3) is 3.21. The summed E-state index contributed by atoms with van der Waals surface area (Å²) >= 11 is 3.61. The largest absolute Gasteiger partial charge is 0.458 e.